The number of esters is 1. The van der Waals surface area contributed by atoms with Gasteiger partial charge in [0.2, 0.25) is 0 Å². The molecule has 4 heteroatoms. The molecule has 0 aliphatic heterocycles. The average molecular weight is 290 g/mol. The van der Waals surface area contributed by atoms with Crippen molar-refractivity contribution in [2.24, 2.45) is 0 Å². The van der Waals surface area contributed by atoms with Crippen LogP contribution < -0.4 is 0 Å². The SMILES string of the molecule is COC(=O)c1ccn(-c2ccc(Cl)cc2)c1C1CCC1. The molecule has 1 saturated carbocycles. The third-order valence-corrected chi connectivity index (χ3v) is 4.18. The highest BCUT2D eigenvalue weighted by atomic mass is 35.5. The predicted octanol–water partition coefficient (Wildman–Crippen LogP) is 4.18. The molecule has 1 aromatic heterocycles. The number of hydrogen-bond acceptors (Lipinski definition) is 2. The fourth-order valence-electron chi connectivity index (χ4n) is 2.65. The molecule has 20 heavy (non-hydrogen) atoms. The van der Waals surface area contributed by atoms with Gasteiger partial charge in [0.1, 0.15) is 0 Å². The van der Waals surface area contributed by atoms with E-state index in [0.29, 0.717) is 16.5 Å². The van der Waals surface area contributed by atoms with Crippen LogP contribution in [0.15, 0.2) is 36.5 Å². The average Bonchev–Trinajstić information content (AvgIpc) is 2.81. The largest absolute Gasteiger partial charge is 0.465 e. The molecular formula is C16H16ClNO2. The summed E-state index contributed by atoms with van der Waals surface area (Å²) in [6, 6.07) is 9.49. The second kappa shape index (κ2) is 5.33. The molecule has 0 N–H and O–H groups in total. The molecule has 104 valence electrons. The standard InChI is InChI=1S/C16H16ClNO2/c1-20-16(19)14-9-10-18(15(14)11-3-2-4-11)13-7-5-12(17)6-8-13/h5-11H,2-4H2,1H3. The molecule has 3 rings (SSSR count). The van der Waals surface area contributed by atoms with Crippen molar-refractivity contribution in [2.75, 3.05) is 7.11 Å². The minimum Gasteiger partial charge on any atom is -0.465 e. The van der Waals surface area contributed by atoms with E-state index in [-0.39, 0.29) is 5.97 Å². The van der Waals surface area contributed by atoms with E-state index in [0.717, 1.165) is 24.2 Å². The Morgan fingerprint density at radius 3 is 2.50 bits per heavy atom. The summed E-state index contributed by atoms with van der Waals surface area (Å²) in [5, 5.41) is 0.708. The smallest absolute Gasteiger partial charge is 0.339 e. The molecule has 0 saturated heterocycles. The maximum absolute atomic E-state index is 11.9. The van der Waals surface area contributed by atoms with Gasteiger partial charge in [-0.3, -0.25) is 0 Å². The van der Waals surface area contributed by atoms with Gasteiger partial charge < -0.3 is 9.30 Å². The van der Waals surface area contributed by atoms with E-state index in [1.54, 1.807) is 0 Å². The maximum atomic E-state index is 11.9. The van der Waals surface area contributed by atoms with Crippen LogP contribution in [0, 0.1) is 0 Å². The molecule has 1 aliphatic rings. The number of ether oxygens (including phenoxy) is 1. The lowest BCUT2D eigenvalue weighted by molar-refractivity contribution is 0.0598. The molecule has 0 radical (unpaired) electrons. The van der Waals surface area contributed by atoms with Crippen molar-refractivity contribution in [3.05, 3.63) is 52.8 Å². The molecule has 3 nitrogen and oxygen atoms in total. The zero-order chi connectivity index (χ0) is 14.1. The highest BCUT2D eigenvalue weighted by Gasteiger charge is 2.28. The number of hydrogen-bond donors (Lipinski definition) is 0. The van der Waals surface area contributed by atoms with Gasteiger partial charge in [-0.2, -0.15) is 0 Å². The van der Waals surface area contributed by atoms with Crippen LogP contribution in [-0.2, 0) is 4.74 Å². The Bertz CT molecular complexity index is 626. The highest BCUT2D eigenvalue weighted by Crippen LogP contribution is 2.39. The maximum Gasteiger partial charge on any atom is 0.339 e. The van der Waals surface area contributed by atoms with Crippen LogP contribution in [0.4, 0.5) is 0 Å². The van der Waals surface area contributed by atoms with Gasteiger partial charge in [0.05, 0.1) is 12.7 Å². The summed E-state index contributed by atoms with van der Waals surface area (Å²) in [5.41, 5.74) is 2.75. The van der Waals surface area contributed by atoms with Crippen molar-refractivity contribution in [3.63, 3.8) is 0 Å². The van der Waals surface area contributed by atoms with Gasteiger partial charge in [0.25, 0.3) is 0 Å². The second-order valence-corrected chi connectivity index (χ2v) is 5.52. The summed E-state index contributed by atoms with van der Waals surface area (Å²) in [6.07, 6.45) is 5.41. The summed E-state index contributed by atoms with van der Waals surface area (Å²) < 4.78 is 6.97. The molecule has 1 aromatic carbocycles. The Morgan fingerprint density at radius 2 is 1.95 bits per heavy atom. The number of carbonyl (C=O) groups is 1. The highest BCUT2D eigenvalue weighted by molar-refractivity contribution is 6.30. The molecule has 1 fully saturated rings. The minimum absolute atomic E-state index is 0.264. The van der Waals surface area contributed by atoms with Crippen molar-refractivity contribution in [1.82, 2.24) is 4.57 Å². The summed E-state index contributed by atoms with van der Waals surface area (Å²) in [7, 11) is 1.42. The third-order valence-electron chi connectivity index (χ3n) is 3.93. The third kappa shape index (κ3) is 2.22. The number of aromatic nitrogens is 1. The fourth-order valence-corrected chi connectivity index (χ4v) is 2.78. The van der Waals surface area contributed by atoms with E-state index in [1.165, 1.54) is 13.5 Å². The molecule has 1 aliphatic carbocycles. The first-order chi connectivity index (χ1) is 9.70. The van der Waals surface area contributed by atoms with Gasteiger partial charge in [0.15, 0.2) is 0 Å². The van der Waals surface area contributed by atoms with E-state index < -0.39 is 0 Å². The van der Waals surface area contributed by atoms with E-state index >= 15 is 0 Å². The number of benzene rings is 1. The van der Waals surface area contributed by atoms with Crippen LogP contribution in [0.25, 0.3) is 5.69 Å². The van der Waals surface area contributed by atoms with Gasteiger partial charge in [0, 0.05) is 28.5 Å². The lowest BCUT2D eigenvalue weighted by atomic mass is 9.81. The van der Waals surface area contributed by atoms with Gasteiger partial charge in [-0.15, -0.1) is 0 Å². The van der Waals surface area contributed by atoms with E-state index in [9.17, 15) is 4.79 Å². The first-order valence-corrected chi connectivity index (χ1v) is 7.14. The van der Waals surface area contributed by atoms with Gasteiger partial charge in [-0.05, 0) is 43.2 Å². The van der Waals surface area contributed by atoms with Crippen molar-refractivity contribution < 1.29 is 9.53 Å². The lowest BCUT2D eigenvalue weighted by Crippen LogP contribution is -2.17. The topological polar surface area (TPSA) is 31.2 Å². The zero-order valence-electron chi connectivity index (χ0n) is 11.3. The van der Waals surface area contributed by atoms with E-state index in [4.69, 9.17) is 16.3 Å². The van der Waals surface area contributed by atoms with Gasteiger partial charge in [-0.25, -0.2) is 4.79 Å². The Kier molecular flexibility index (Phi) is 3.53. The monoisotopic (exact) mass is 289 g/mol. The number of methoxy groups -OCH3 is 1. The van der Waals surface area contributed by atoms with Crippen LogP contribution in [-0.4, -0.2) is 17.6 Å². The van der Waals surface area contributed by atoms with Crippen molar-refractivity contribution in [3.8, 4) is 5.69 Å². The first kappa shape index (κ1) is 13.3. The predicted molar refractivity (Wildman–Crippen MR) is 78.7 cm³/mol. The fraction of sp³-hybridized carbons (Fsp3) is 0.312. The Hall–Kier alpha value is -1.74. The number of halogens is 1. The first-order valence-electron chi connectivity index (χ1n) is 6.76. The summed E-state index contributed by atoms with van der Waals surface area (Å²) in [5.74, 6) is 0.175. The van der Waals surface area contributed by atoms with Crippen LogP contribution in [0.1, 0.15) is 41.2 Å². The number of carbonyl (C=O) groups excluding carboxylic acids is 1. The molecule has 1 heterocycles. The summed E-state index contributed by atoms with van der Waals surface area (Å²) >= 11 is 5.93. The Labute approximate surface area is 123 Å². The van der Waals surface area contributed by atoms with Crippen LogP contribution in [0.5, 0.6) is 0 Å². The van der Waals surface area contributed by atoms with Gasteiger partial charge in [-0.1, -0.05) is 18.0 Å². The normalized spacial score (nSPS) is 14.9. The van der Waals surface area contributed by atoms with Crippen LogP contribution in [0.3, 0.4) is 0 Å². The zero-order valence-corrected chi connectivity index (χ0v) is 12.1. The van der Waals surface area contributed by atoms with Crippen molar-refractivity contribution in [1.29, 1.82) is 0 Å². The summed E-state index contributed by atoms with van der Waals surface area (Å²) in [6.45, 7) is 0. The molecule has 0 atom stereocenters. The molecule has 0 amide bonds. The van der Waals surface area contributed by atoms with Gasteiger partial charge >= 0.3 is 5.97 Å². The Morgan fingerprint density at radius 1 is 1.25 bits per heavy atom. The quantitative estimate of drug-likeness (QED) is 0.794. The molecule has 2 aromatic rings. The summed E-state index contributed by atoms with van der Waals surface area (Å²) in [4.78, 5) is 11.9. The lowest BCUT2D eigenvalue weighted by Gasteiger charge is -2.28. The molecular weight excluding hydrogens is 274 g/mol. The number of rotatable bonds is 3. The second-order valence-electron chi connectivity index (χ2n) is 5.08. The van der Waals surface area contributed by atoms with Crippen molar-refractivity contribution in [2.45, 2.75) is 25.2 Å². The number of nitrogens with zero attached hydrogens (tertiary/aromatic N) is 1. The molecule has 0 spiro atoms. The minimum atomic E-state index is -0.264. The van der Waals surface area contributed by atoms with E-state index in [1.807, 2.05) is 36.5 Å². The van der Waals surface area contributed by atoms with Crippen molar-refractivity contribution >= 4 is 17.6 Å². The Balaban J connectivity index is 2.08. The molecule has 0 unspecified atom stereocenters. The molecule has 0 bridgehead atoms. The van der Waals surface area contributed by atoms with E-state index in [2.05, 4.69) is 4.57 Å². The van der Waals surface area contributed by atoms with Crippen LogP contribution >= 0.6 is 11.6 Å². The van der Waals surface area contributed by atoms with Crippen LogP contribution in [0.2, 0.25) is 5.02 Å².